The molecule has 0 fully saturated rings. The minimum atomic E-state index is 0.496. The first-order valence-corrected chi connectivity index (χ1v) is 11.8. The lowest BCUT2D eigenvalue weighted by molar-refractivity contribution is 1.06. The summed E-state index contributed by atoms with van der Waals surface area (Å²) in [6.07, 6.45) is 0. The maximum Gasteiger partial charge on any atom is 0.165 e. The van der Waals surface area contributed by atoms with E-state index in [2.05, 4.69) is 0 Å². The Kier molecular flexibility index (Phi) is 6.50. The summed E-state index contributed by atoms with van der Waals surface area (Å²) in [6.45, 7) is 11.9. The van der Waals surface area contributed by atoms with Crippen LogP contribution in [0.25, 0.3) is 34.2 Å². The van der Waals surface area contributed by atoms with Gasteiger partial charge in [0.1, 0.15) is 0 Å². The number of benzene rings is 3. The fourth-order valence-electron chi connectivity index (χ4n) is 3.87. The Morgan fingerprint density at radius 3 is 0.848 bits per heavy atom. The molecule has 0 unspecified atom stereocenters. The number of aryl methyl sites for hydroxylation is 6. The SMILES string of the molecule is Cc1ccc(C)c(-c2nc(-c3c(C)ccc(C)c3Cl)nc(-c3c(C)ccc(C)c3Cl)n2)c1Cl. The summed E-state index contributed by atoms with van der Waals surface area (Å²) in [5, 5.41) is 1.87. The predicted octanol–water partition coefficient (Wildman–Crippen LogP) is 8.68. The molecule has 0 aliphatic rings. The highest BCUT2D eigenvalue weighted by molar-refractivity contribution is 6.35. The van der Waals surface area contributed by atoms with Gasteiger partial charge in [-0.15, -0.1) is 0 Å². The van der Waals surface area contributed by atoms with Gasteiger partial charge >= 0.3 is 0 Å². The van der Waals surface area contributed by atoms with Crippen LogP contribution >= 0.6 is 34.8 Å². The van der Waals surface area contributed by atoms with Crippen LogP contribution in [0.15, 0.2) is 36.4 Å². The van der Waals surface area contributed by atoms with Gasteiger partial charge in [0.05, 0.1) is 15.1 Å². The Hall–Kier alpha value is -2.46. The van der Waals surface area contributed by atoms with Crippen molar-refractivity contribution >= 4 is 34.8 Å². The van der Waals surface area contributed by atoms with E-state index in [0.29, 0.717) is 32.5 Å². The summed E-state index contributed by atoms with van der Waals surface area (Å²) in [6, 6.07) is 12.0. The molecule has 0 saturated carbocycles. The van der Waals surface area contributed by atoms with Gasteiger partial charge in [0.15, 0.2) is 17.5 Å². The maximum absolute atomic E-state index is 6.75. The fourth-order valence-corrected chi connectivity index (χ4v) is 4.75. The van der Waals surface area contributed by atoms with E-state index in [1.165, 1.54) is 0 Å². The second kappa shape index (κ2) is 9.06. The number of hydrogen-bond acceptors (Lipinski definition) is 3. The van der Waals surface area contributed by atoms with Crippen LogP contribution in [0, 0.1) is 41.5 Å². The van der Waals surface area contributed by atoms with Crippen LogP contribution in [-0.2, 0) is 0 Å². The number of hydrogen-bond donors (Lipinski definition) is 0. The van der Waals surface area contributed by atoms with Gasteiger partial charge in [-0.05, 0) is 74.9 Å². The molecule has 3 aromatic carbocycles. The van der Waals surface area contributed by atoms with E-state index in [1.807, 2.05) is 77.9 Å². The minimum absolute atomic E-state index is 0.496. The summed E-state index contributed by atoms with van der Waals surface area (Å²) in [5.74, 6) is 1.49. The molecule has 0 radical (unpaired) electrons. The first kappa shape index (κ1) is 23.7. The number of rotatable bonds is 3. The Morgan fingerprint density at radius 2 is 0.606 bits per heavy atom. The molecule has 0 N–H and O–H groups in total. The normalized spacial score (nSPS) is 11.2. The van der Waals surface area contributed by atoms with Crippen molar-refractivity contribution in [2.24, 2.45) is 0 Å². The van der Waals surface area contributed by atoms with Crippen LogP contribution in [0.3, 0.4) is 0 Å². The first-order chi connectivity index (χ1) is 15.6. The smallest absolute Gasteiger partial charge is 0.165 e. The Bertz CT molecular complexity index is 1230. The van der Waals surface area contributed by atoms with Crippen molar-refractivity contribution in [3.63, 3.8) is 0 Å². The largest absolute Gasteiger partial charge is 0.208 e. The Morgan fingerprint density at radius 1 is 0.394 bits per heavy atom. The molecule has 3 nitrogen and oxygen atoms in total. The number of aromatic nitrogens is 3. The first-order valence-electron chi connectivity index (χ1n) is 10.6. The summed E-state index contributed by atoms with van der Waals surface area (Å²) in [5.41, 5.74) is 8.15. The molecule has 0 saturated heterocycles. The van der Waals surface area contributed by atoms with E-state index >= 15 is 0 Å². The van der Waals surface area contributed by atoms with E-state index in [1.54, 1.807) is 0 Å². The molecule has 0 amide bonds. The van der Waals surface area contributed by atoms with Gasteiger partial charge in [0.2, 0.25) is 0 Å². The van der Waals surface area contributed by atoms with E-state index in [9.17, 15) is 0 Å². The summed E-state index contributed by atoms with van der Waals surface area (Å²) in [7, 11) is 0. The van der Waals surface area contributed by atoms with Gasteiger partial charge in [0, 0.05) is 16.7 Å². The molecule has 1 heterocycles. The monoisotopic (exact) mass is 495 g/mol. The Balaban J connectivity index is 2.13. The second-order valence-electron chi connectivity index (χ2n) is 8.47. The summed E-state index contributed by atoms with van der Waals surface area (Å²) in [4.78, 5) is 14.6. The standard InChI is InChI=1S/C27H24Cl3N3/c1-13-7-10-16(4)22(28)19(13)25-31-26(20-14(2)8-11-17(5)23(20)29)33-27(32-25)21-15(3)9-12-18(6)24(21)30/h7-12H,1-6H3. The van der Waals surface area contributed by atoms with E-state index in [0.717, 1.165) is 50.1 Å². The molecule has 0 bridgehead atoms. The highest BCUT2D eigenvalue weighted by atomic mass is 35.5. The van der Waals surface area contributed by atoms with Crippen LogP contribution in [0.2, 0.25) is 15.1 Å². The molecular formula is C27H24Cl3N3. The summed E-state index contributed by atoms with van der Waals surface area (Å²) >= 11 is 20.3. The van der Waals surface area contributed by atoms with Gasteiger partial charge in [-0.25, -0.2) is 15.0 Å². The molecular weight excluding hydrogens is 473 g/mol. The van der Waals surface area contributed by atoms with Crippen molar-refractivity contribution in [3.8, 4) is 34.2 Å². The maximum atomic E-state index is 6.75. The third kappa shape index (κ3) is 4.26. The van der Waals surface area contributed by atoms with Crippen molar-refractivity contribution in [1.29, 1.82) is 0 Å². The third-order valence-electron chi connectivity index (χ3n) is 5.94. The zero-order valence-electron chi connectivity index (χ0n) is 19.4. The number of halogens is 3. The lowest BCUT2D eigenvalue weighted by Crippen LogP contribution is -2.04. The lowest BCUT2D eigenvalue weighted by Gasteiger charge is -2.16. The van der Waals surface area contributed by atoms with Gasteiger partial charge < -0.3 is 0 Å². The van der Waals surface area contributed by atoms with Crippen LogP contribution in [0.1, 0.15) is 33.4 Å². The van der Waals surface area contributed by atoms with Crippen LogP contribution < -0.4 is 0 Å². The van der Waals surface area contributed by atoms with E-state index in [-0.39, 0.29) is 0 Å². The average Bonchev–Trinajstić information content (AvgIpc) is 2.77. The van der Waals surface area contributed by atoms with Crippen LogP contribution in [0.4, 0.5) is 0 Å². The van der Waals surface area contributed by atoms with Crippen molar-refractivity contribution in [2.75, 3.05) is 0 Å². The van der Waals surface area contributed by atoms with Gasteiger partial charge in [-0.3, -0.25) is 0 Å². The molecule has 4 rings (SSSR count). The summed E-state index contributed by atoms with van der Waals surface area (Å²) < 4.78 is 0. The molecule has 6 heteroatoms. The highest BCUT2D eigenvalue weighted by Gasteiger charge is 2.22. The quantitative estimate of drug-likeness (QED) is 0.285. The van der Waals surface area contributed by atoms with E-state index in [4.69, 9.17) is 49.8 Å². The highest BCUT2D eigenvalue weighted by Crippen LogP contribution is 2.38. The minimum Gasteiger partial charge on any atom is -0.208 e. The van der Waals surface area contributed by atoms with E-state index < -0.39 is 0 Å². The zero-order valence-corrected chi connectivity index (χ0v) is 21.7. The predicted molar refractivity (Wildman–Crippen MR) is 140 cm³/mol. The second-order valence-corrected chi connectivity index (χ2v) is 9.61. The molecule has 0 atom stereocenters. The lowest BCUT2D eigenvalue weighted by atomic mass is 10.0. The molecule has 0 aliphatic heterocycles. The van der Waals surface area contributed by atoms with Gasteiger partial charge in [0.25, 0.3) is 0 Å². The number of nitrogens with zero attached hydrogens (tertiary/aromatic N) is 3. The topological polar surface area (TPSA) is 38.7 Å². The fraction of sp³-hybridized carbons (Fsp3) is 0.222. The van der Waals surface area contributed by atoms with Gasteiger partial charge in [-0.2, -0.15) is 0 Å². The molecule has 0 aliphatic carbocycles. The van der Waals surface area contributed by atoms with Crippen molar-refractivity contribution in [2.45, 2.75) is 41.5 Å². The molecule has 1 aromatic heterocycles. The van der Waals surface area contributed by atoms with Crippen LogP contribution in [-0.4, -0.2) is 15.0 Å². The van der Waals surface area contributed by atoms with Crippen molar-refractivity contribution < 1.29 is 0 Å². The zero-order chi connectivity index (χ0) is 24.0. The third-order valence-corrected chi connectivity index (χ3v) is 7.40. The molecule has 168 valence electrons. The van der Waals surface area contributed by atoms with Crippen LogP contribution in [0.5, 0.6) is 0 Å². The van der Waals surface area contributed by atoms with Gasteiger partial charge in [-0.1, -0.05) is 71.2 Å². The van der Waals surface area contributed by atoms with Crippen molar-refractivity contribution in [1.82, 2.24) is 15.0 Å². The van der Waals surface area contributed by atoms with Crippen molar-refractivity contribution in [3.05, 3.63) is 84.8 Å². The molecule has 4 aromatic rings. The Labute approximate surface area is 209 Å². The molecule has 33 heavy (non-hydrogen) atoms. The molecule has 0 spiro atoms. The average molecular weight is 497 g/mol.